The van der Waals surface area contributed by atoms with Crippen molar-refractivity contribution >= 4 is 5.91 Å². The molecule has 5 nitrogen and oxygen atoms in total. The maximum absolute atomic E-state index is 11.9. The number of methoxy groups -OCH3 is 1. The molecule has 0 fully saturated rings. The van der Waals surface area contributed by atoms with Crippen LogP contribution in [-0.2, 0) is 9.53 Å². The van der Waals surface area contributed by atoms with Gasteiger partial charge < -0.3 is 15.0 Å². The lowest BCUT2D eigenvalue weighted by Crippen LogP contribution is -2.38. The second kappa shape index (κ2) is 7.79. The third-order valence-corrected chi connectivity index (χ3v) is 2.92. The van der Waals surface area contributed by atoms with E-state index in [9.17, 15) is 4.79 Å². The van der Waals surface area contributed by atoms with Crippen molar-refractivity contribution in [3.05, 3.63) is 30.1 Å². The molecule has 1 amide bonds. The number of carbonyl (C=O) groups excluding carboxylic acids is 1. The van der Waals surface area contributed by atoms with E-state index in [1.54, 1.807) is 24.4 Å². The van der Waals surface area contributed by atoms with E-state index in [0.717, 1.165) is 5.56 Å². The molecule has 18 heavy (non-hydrogen) atoms. The smallest absolute Gasteiger partial charge is 0.236 e. The lowest BCUT2D eigenvalue weighted by atomic mass is 10.1. The zero-order valence-corrected chi connectivity index (χ0v) is 11.2. The van der Waals surface area contributed by atoms with Gasteiger partial charge in [-0.3, -0.25) is 9.78 Å². The Kier molecular flexibility index (Phi) is 6.32. The SMILES string of the molecule is COCCNCC(=O)N(C)C(C)c1ccncc1. The average molecular weight is 251 g/mol. The van der Waals surface area contributed by atoms with E-state index in [4.69, 9.17) is 4.74 Å². The van der Waals surface area contributed by atoms with Gasteiger partial charge in [-0.05, 0) is 24.6 Å². The van der Waals surface area contributed by atoms with Gasteiger partial charge in [-0.1, -0.05) is 0 Å². The topological polar surface area (TPSA) is 54.5 Å². The normalized spacial score (nSPS) is 12.2. The van der Waals surface area contributed by atoms with Crippen LogP contribution in [0.25, 0.3) is 0 Å². The first-order chi connectivity index (χ1) is 8.66. The molecule has 0 bridgehead atoms. The van der Waals surface area contributed by atoms with Crippen LogP contribution in [0.15, 0.2) is 24.5 Å². The number of carbonyl (C=O) groups is 1. The minimum atomic E-state index is 0.0460. The Balaban J connectivity index is 2.43. The van der Waals surface area contributed by atoms with Crippen LogP contribution < -0.4 is 5.32 Å². The van der Waals surface area contributed by atoms with Gasteiger partial charge in [0.2, 0.25) is 5.91 Å². The highest BCUT2D eigenvalue weighted by Gasteiger charge is 2.16. The third kappa shape index (κ3) is 4.43. The molecule has 1 aromatic heterocycles. The molecule has 1 unspecified atom stereocenters. The highest BCUT2D eigenvalue weighted by Crippen LogP contribution is 2.17. The van der Waals surface area contributed by atoms with Crippen molar-refractivity contribution in [1.29, 1.82) is 0 Å². The van der Waals surface area contributed by atoms with Gasteiger partial charge in [0.05, 0.1) is 19.2 Å². The fourth-order valence-corrected chi connectivity index (χ4v) is 1.58. The maximum atomic E-state index is 11.9. The molecule has 100 valence electrons. The number of amides is 1. The summed E-state index contributed by atoms with van der Waals surface area (Å²) < 4.78 is 4.91. The Morgan fingerprint density at radius 3 is 2.78 bits per heavy atom. The third-order valence-electron chi connectivity index (χ3n) is 2.92. The molecule has 1 aromatic rings. The quantitative estimate of drug-likeness (QED) is 0.730. The van der Waals surface area contributed by atoms with Crippen LogP contribution in [0.1, 0.15) is 18.5 Å². The molecule has 1 atom stereocenters. The molecule has 1 rings (SSSR count). The molecule has 0 saturated carbocycles. The number of hydrogen-bond acceptors (Lipinski definition) is 4. The number of pyridine rings is 1. The molecule has 0 radical (unpaired) electrons. The Bertz CT molecular complexity index is 357. The van der Waals surface area contributed by atoms with Crippen LogP contribution in [0.2, 0.25) is 0 Å². The fourth-order valence-electron chi connectivity index (χ4n) is 1.58. The van der Waals surface area contributed by atoms with E-state index >= 15 is 0 Å². The fraction of sp³-hybridized carbons (Fsp3) is 0.538. The van der Waals surface area contributed by atoms with E-state index < -0.39 is 0 Å². The van der Waals surface area contributed by atoms with Gasteiger partial charge in [-0.25, -0.2) is 0 Å². The summed E-state index contributed by atoms with van der Waals surface area (Å²) >= 11 is 0. The highest BCUT2D eigenvalue weighted by molar-refractivity contribution is 5.78. The van der Waals surface area contributed by atoms with E-state index in [0.29, 0.717) is 19.7 Å². The summed E-state index contributed by atoms with van der Waals surface area (Å²) in [6.07, 6.45) is 3.47. The lowest BCUT2D eigenvalue weighted by Gasteiger charge is -2.25. The minimum Gasteiger partial charge on any atom is -0.383 e. The summed E-state index contributed by atoms with van der Waals surface area (Å²) in [6.45, 7) is 3.62. The lowest BCUT2D eigenvalue weighted by molar-refractivity contribution is -0.130. The van der Waals surface area contributed by atoms with E-state index in [2.05, 4.69) is 10.3 Å². The van der Waals surface area contributed by atoms with Crippen molar-refractivity contribution in [1.82, 2.24) is 15.2 Å². The number of aromatic nitrogens is 1. The van der Waals surface area contributed by atoms with Crippen LogP contribution in [-0.4, -0.2) is 49.6 Å². The van der Waals surface area contributed by atoms with Crippen molar-refractivity contribution in [2.24, 2.45) is 0 Å². The number of hydrogen-bond donors (Lipinski definition) is 1. The largest absolute Gasteiger partial charge is 0.383 e. The van der Waals surface area contributed by atoms with Crippen molar-refractivity contribution in [3.8, 4) is 0 Å². The number of nitrogens with zero attached hydrogens (tertiary/aromatic N) is 2. The van der Waals surface area contributed by atoms with Crippen LogP contribution in [0.3, 0.4) is 0 Å². The molecule has 5 heteroatoms. The summed E-state index contributed by atoms with van der Waals surface area (Å²) in [5.41, 5.74) is 1.08. The standard InChI is InChI=1S/C13H21N3O2/c1-11(12-4-6-14-7-5-12)16(2)13(17)10-15-8-9-18-3/h4-7,11,15H,8-10H2,1-3H3. The zero-order valence-electron chi connectivity index (χ0n) is 11.2. The molecule has 1 heterocycles. The molecule has 0 spiro atoms. The first-order valence-corrected chi connectivity index (χ1v) is 6.02. The molecule has 0 aliphatic carbocycles. The van der Waals surface area contributed by atoms with Gasteiger partial charge in [0.15, 0.2) is 0 Å². The van der Waals surface area contributed by atoms with Gasteiger partial charge in [0.25, 0.3) is 0 Å². The highest BCUT2D eigenvalue weighted by atomic mass is 16.5. The van der Waals surface area contributed by atoms with Gasteiger partial charge in [-0.2, -0.15) is 0 Å². The zero-order chi connectivity index (χ0) is 13.4. The van der Waals surface area contributed by atoms with E-state index in [1.807, 2.05) is 26.1 Å². The maximum Gasteiger partial charge on any atom is 0.236 e. The molecule has 1 N–H and O–H groups in total. The number of rotatable bonds is 7. The van der Waals surface area contributed by atoms with E-state index in [-0.39, 0.29) is 11.9 Å². The summed E-state index contributed by atoms with van der Waals surface area (Å²) in [7, 11) is 3.45. The van der Waals surface area contributed by atoms with Gasteiger partial charge >= 0.3 is 0 Å². The summed E-state index contributed by atoms with van der Waals surface area (Å²) in [6, 6.07) is 3.89. The molecule has 0 aromatic carbocycles. The van der Waals surface area contributed by atoms with Crippen LogP contribution in [0.5, 0.6) is 0 Å². The molecule has 0 aliphatic rings. The van der Waals surface area contributed by atoms with Crippen LogP contribution in [0, 0.1) is 0 Å². The van der Waals surface area contributed by atoms with Crippen molar-refractivity contribution in [2.75, 3.05) is 33.9 Å². The predicted octanol–water partition coefficient (Wildman–Crippen LogP) is 0.837. The van der Waals surface area contributed by atoms with Gasteiger partial charge in [-0.15, -0.1) is 0 Å². The van der Waals surface area contributed by atoms with Gasteiger partial charge in [0.1, 0.15) is 0 Å². The summed E-state index contributed by atoms with van der Waals surface area (Å²) in [4.78, 5) is 17.6. The first-order valence-electron chi connectivity index (χ1n) is 6.02. The molecule has 0 aliphatic heterocycles. The Hall–Kier alpha value is -1.46. The second-order valence-electron chi connectivity index (χ2n) is 4.13. The van der Waals surface area contributed by atoms with Crippen molar-refractivity contribution in [3.63, 3.8) is 0 Å². The second-order valence-corrected chi connectivity index (χ2v) is 4.13. The number of likely N-dealkylation sites (N-methyl/N-ethyl adjacent to an activating group) is 1. The monoisotopic (exact) mass is 251 g/mol. The Labute approximate surface area is 108 Å². The van der Waals surface area contributed by atoms with Crippen LogP contribution >= 0.6 is 0 Å². The molecular weight excluding hydrogens is 230 g/mol. The van der Waals surface area contributed by atoms with Gasteiger partial charge in [0, 0.05) is 33.1 Å². The molecule has 0 saturated heterocycles. The Morgan fingerprint density at radius 2 is 2.17 bits per heavy atom. The van der Waals surface area contributed by atoms with Crippen molar-refractivity contribution in [2.45, 2.75) is 13.0 Å². The van der Waals surface area contributed by atoms with Crippen molar-refractivity contribution < 1.29 is 9.53 Å². The Morgan fingerprint density at radius 1 is 1.50 bits per heavy atom. The predicted molar refractivity (Wildman–Crippen MR) is 70.2 cm³/mol. The molecular formula is C13H21N3O2. The van der Waals surface area contributed by atoms with E-state index in [1.165, 1.54) is 0 Å². The van der Waals surface area contributed by atoms with Crippen LogP contribution in [0.4, 0.5) is 0 Å². The summed E-state index contributed by atoms with van der Waals surface area (Å²) in [5, 5.41) is 3.04. The minimum absolute atomic E-state index is 0.0460. The number of ether oxygens (including phenoxy) is 1. The number of nitrogens with one attached hydrogen (secondary N) is 1. The summed E-state index contributed by atoms with van der Waals surface area (Å²) in [5.74, 6) is 0.0652. The average Bonchev–Trinajstić information content (AvgIpc) is 2.42. The first kappa shape index (κ1) is 14.6.